The molecule has 1 aromatic rings. The largest absolute Gasteiger partial charge is 0.380 e. The Morgan fingerprint density at radius 1 is 1.37 bits per heavy atom. The molecule has 2 rings (SSSR count). The highest BCUT2D eigenvalue weighted by Gasteiger charge is 2.26. The van der Waals surface area contributed by atoms with Gasteiger partial charge in [-0.2, -0.15) is 0 Å². The fraction of sp³-hybridized carbons (Fsp3) is 0.625. The molecule has 3 unspecified atom stereocenters. The number of ether oxygens (including phenoxy) is 1. The average Bonchev–Trinajstić information content (AvgIpc) is 2.99. The van der Waals surface area contributed by atoms with Gasteiger partial charge in [0.05, 0.1) is 6.61 Å². The summed E-state index contributed by atoms with van der Waals surface area (Å²) in [6, 6.07) is 11.7. The van der Waals surface area contributed by atoms with Crippen molar-refractivity contribution in [2.24, 2.45) is 5.73 Å². The number of nitrogens with zero attached hydrogens (tertiary/aromatic N) is 1. The summed E-state index contributed by atoms with van der Waals surface area (Å²) >= 11 is 0. The molecule has 1 aliphatic heterocycles. The van der Waals surface area contributed by atoms with Gasteiger partial charge in [0, 0.05) is 25.2 Å². The highest BCUT2D eigenvalue weighted by atomic mass is 16.5. The average molecular weight is 262 g/mol. The van der Waals surface area contributed by atoms with E-state index in [9.17, 15) is 0 Å². The zero-order valence-corrected chi connectivity index (χ0v) is 12.1. The van der Waals surface area contributed by atoms with Crippen molar-refractivity contribution in [1.29, 1.82) is 0 Å². The van der Waals surface area contributed by atoms with Gasteiger partial charge < -0.3 is 10.5 Å². The fourth-order valence-electron chi connectivity index (χ4n) is 2.90. The first-order valence-corrected chi connectivity index (χ1v) is 7.27. The summed E-state index contributed by atoms with van der Waals surface area (Å²) in [5.74, 6) is 0.541. The molecule has 0 aliphatic carbocycles. The standard InChI is InChI=1S/C16H26N2O/c1-13(14-6-4-3-5-7-14)10-16(11-17)18(2)15-8-9-19-12-15/h3-7,13,15-16H,8-12,17H2,1-2H3. The third-order valence-electron chi connectivity index (χ3n) is 4.32. The number of nitrogens with two attached hydrogens (primary N) is 1. The monoisotopic (exact) mass is 262 g/mol. The van der Waals surface area contributed by atoms with Crippen molar-refractivity contribution in [3.8, 4) is 0 Å². The molecule has 1 heterocycles. The summed E-state index contributed by atoms with van der Waals surface area (Å²) in [5.41, 5.74) is 7.39. The van der Waals surface area contributed by atoms with Gasteiger partial charge in [0.25, 0.3) is 0 Å². The van der Waals surface area contributed by atoms with E-state index >= 15 is 0 Å². The number of hydrogen-bond acceptors (Lipinski definition) is 3. The predicted octanol–water partition coefficient (Wildman–Crippen LogP) is 2.23. The van der Waals surface area contributed by atoms with Gasteiger partial charge in [-0.3, -0.25) is 4.90 Å². The molecule has 3 nitrogen and oxygen atoms in total. The number of rotatable bonds is 6. The topological polar surface area (TPSA) is 38.5 Å². The minimum Gasteiger partial charge on any atom is -0.380 e. The van der Waals surface area contributed by atoms with E-state index in [4.69, 9.17) is 10.5 Å². The minimum atomic E-state index is 0.432. The van der Waals surface area contributed by atoms with Crippen LogP contribution in [0.5, 0.6) is 0 Å². The van der Waals surface area contributed by atoms with Crippen LogP contribution in [0, 0.1) is 0 Å². The Kier molecular flexibility index (Phi) is 5.37. The Balaban J connectivity index is 1.94. The highest BCUT2D eigenvalue weighted by molar-refractivity contribution is 5.19. The molecule has 0 aromatic heterocycles. The second-order valence-electron chi connectivity index (χ2n) is 5.62. The molecule has 1 aromatic carbocycles. The molecule has 3 heteroatoms. The third kappa shape index (κ3) is 3.78. The summed E-state index contributed by atoms with van der Waals surface area (Å²) < 4.78 is 5.48. The van der Waals surface area contributed by atoms with Crippen molar-refractivity contribution < 1.29 is 4.74 Å². The van der Waals surface area contributed by atoms with Crippen LogP contribution in [0.2, 0.25) is 0 Å². The maximum atomic E-state index is 5.99. The Bertz CT molecular complexity index is 362. The van der Waals surface area contributed by atoms with Crippen LogP contribution in [0.15, 0.2) is 30.3 Å². The lowest BCUT2D eigenvalue weighted by Gasteiger charge is -2.33. The van der Waals surface area contributed by atoms with Gasteiger partial charge in [-0.25, -0.2) is 0 Å². The number of hydrogen-bond donors (Lipinski definition) is 1. The van der Waals surface area contributed by atoms with Crippen molar-refractivity contribution >= 4 is 0 Å². The van der Waals surface area contributed by atoms with E-state index in [1.54, 1.807) is 0 Å². The first-order valence-electron chi connectivity index (χ1n) is 7.27. The van der Waals surface area contributed by atoms with Crippen LogP contribution in [-0.2, 0) is 4.74 Å². The first-order chi connectivity index (χ1) is 9.22. The Morgan fingerprint density at radius 2 is 2.11 bits per heavy atom. The van der Waals surface area contributed by atoms with E-state index in [2.05, 4.69) is 49.2 Å². The lowest BCUT2D eigenvalue weighted by atomic mass is 9.93. The van der Waals surface area contributed by atoms with E-state index in [1.165, 1.54) is 5.56 Å². The first kappa shape index (κ1) is 14.5. The minimum absolute atomic E-state index is 0.432. The van der Waals surface area contributed by atoms with Gasteiger partial charge in [0.15, 0.2) is 0 Å². The van der Waals surface area contributed by atoms with Crippen LogP contribution >= 0.6 is 0 Å². The van der Waals surface area contributed by atoms with Crippen LogP contribution < -0.4 is 5.73 Å². The molecule has 0 amide bonds. The van der Waals surface area contributed by atoms with Gasteiger partial charge in [0.1, 0.15) is 0 Å². The lowest BCUT2D eigenvalue weighted by molar-refractivity contribution is 0.128. The van der Waals surface area contributed by atoms with Gasteiger partial charge in [-0.05, 0) is 31.4 Å². The van der Waals surface area contributed by atoms with E-state index in [0.29, 0.717) is 24.5 Å². The highest BCUT2D eigenvalue weighted by Crippen LogP contribution is 2.24. The Morgan fingerprint density at radius 3 is 2.68 bits per heavy atom. The smallest absolute Gasteiger partial charge is 0.0622 e. The Labute approximate surface area is 116 Å². The second kappa shape index (κ2) is 7.04. The van der Waals surface area contributed by atoms with E-state index in [-0.39, 0.29) is 0 Å². The lowest BCUT2D eigenvalue weighted by Crippen LogP contribution is -2.45. The van der Waals surface area contributed by atoms with Crippen molar-refractivity contribution in [2.75, 3.05) is 26.8 Å². The van der Waals surface area contributed by atoms with Crippen molar-refractivity contribution in [3.63, 3.8) is 0 Å². The van der Waals surface area contributed by atoms with Gasteiger partial charge in [-0.1, -0.05) is 37.3 Å². The summed E-state index contributed by atoms with van der Waals surface area (Å²) in [6.45, 7) is 4.74. The normalized spacial score (nSPS) is 22.6. The second-order valence-corrected chi connectivity index (χ2v) is 5.62. The molecule has 1 aliphatic rings. The van der Waals surface area contributed by atoms with Gasteiger partial charge >= 0.3 is 0 Å². The quantitative estimate of drug-likeness (QED) is 0.854. The van der Waals surface area contributed by atoms with Crippen molar-refractivity contribution in [1.82, 2.24) is 4.90 Å². The van der Waals surface area contributed by atoms with Crippen molar-refractivity contribution in [2.45, 2.75) is 37.8 Å². The van der Waals surface area contributed by atoms with Crippen LogP contribution in [0.25, 0.3) is 0 Å². The van der Waals surface area contributed by atoms with E-state index < -0.39 is 0 Å². The van der Waals surface area contributed by atoms with E-state index in [0.717, 1.165) is 26.1 Å². The molecule has 3 atom stereocenters. The summed E-state index contributed by atoms with van der Waals surface area (Å²) in [7, 11) is 2.19. The molecular weight excluding hydrogens is 236 g/mol. The van der Waals surface area contributed by atoms with Crippen LogP contribution in [0.4, 0.5) is 0 Å². The predicted molar refractivity (Wildman–Crippen MR) is 79.3 cm³/mol. The van der Waals surface area contributed by atoms with Crippen LogP contribution in [0.1, 0.15) is 31.2 Å². The maximum Gasteiger partial charge on any atom is 0.0622 e. The molecule has 106 valence electrons. The molecule has 1 saturated heterocycles. The van der Waals surface area contributed by atoms with Crippen LogP contribution in [0.3, 0.4) is 0 Å². The maximum absolute atomic E-state index is 5.99. The molecule has 0 saturated carbocycles. The molecule has 1 fully saturated rings. The molecule has 0 spiro atoms. The molecular formula is C16H26N2O. The SMILES string of the molecule is CC(CC(CN)N(C)C1CCOC1)c1ccccc1. The molecule has 2 N–H and O–H groups in total. The van der Waals surface area contributed by atoms with Gasteiger partial charge in [0.2, 0.25) is 0 Å². The van der Waals surface area contributed by atoms with E-state index in [1.807, 2.05) is 0 Å². The summed E-state index contributed by atoms with van der Waals surface area (Å²) in [5, 5.41) is 0. The van der Waals surface area contributed by atoms with Crippen LogP contribution in [-0.4, -0.2) is 43.8 Å². The summed E-state index contributed by atoms with van der Waals surface area (Å²) in [6.07, 6.45) is 2.24. The zero-order valence-electron chi connectivity index (χ0n) is 12.1. The molecule has 0 bridgehead atoms. The molecule has 19 heavy (non-hydrogen) atoms. The summed E-state index contributed by atoms with van der Waals surface area (Å²) in [4.78, 5) is 2.42. The Hall–Kier alpha value is -0.900. The fourth-order valence-corrected chi connectivity index (χ4v) is 2.90. The van der Waals surface area contributed by atoms with Crippen molar-refractivity contribution in [3.05, 3.63) is 35.9 Å². The number of likely N-dealkylation sites (N-methyl/N-ethyl adjacent to an activating group) is 1. The molecule has 0 radical (unpaired) electrons. The zero-order chi connectivity index (χ0) is 13.7. The third-order valence-corrected chi connectivity index (χ3v) is 4.32. The van der Waals surface area contributed by atoms with Gasteiger partial charge in [-0.15, -0.1) is 0 Å². The number of benzene rings is 1.